The molecule has 3 aromatic carbocycles. The fourth-order valence-electron chi connectivity index (χ4n) is 10.7. The first-order chi connectivity index (χ1) is 31.7. The van der Waals surface area contributed by atoms with Crippen molar-refractivity contribution in [1.82, 2.24) is 14.7 Å². The van der Waals surface area contributed by atoms with Crippen LogP contribution in [-0.4, -0.2) is 115 Å². The summed E-state index contributed by atoms with van der Waals surface area (Å²) in [4.78, 5) is 60.4. The van der Waals surface area contributed by atoms with Crippen molar-refractivity contribution in [2.45, 2.75) is 67.9 Å². The second-order valence-corrected chi connectivity index (χ2v) is 17.4. The molecule has 0 saturated carbocycles. The van der Waals surface area contributed by atoms with Crippen molar-refractivity contribution in [3.05, 3.63) is 101 Å². The molecule has 1 spiro atoms. The van der Waals surface area contributed by atoms with Gasteiger partial charge in [0.2, 0.25) is 6.79 Å². The summed E-state index contributed by atoms with van der Waals surface area (Å²) in [6.07, 6.45) is -0.949. The summed E-state index contributed by atoms with van der Waals surface area (Å²) < 4.78 is 56.8. The molecule has 66 heavy (non-hydrogen) atoms. The fraction of sp³-hybridized carbons (Fsp3) is 0.391. The van der Waals surface area contributed by atoms with Gasteiger partial charge in [-0.1, -0.05) is 25.8 Å². The first-order valence-corrected chi connectivity index (χ1v) is 21.9. The number of esters is 1. The second kappa shape index (κ2) is 17.0. The number of aryl methyl sites for hydroxylation is 1. The van der Waals surface area contributed by atoms with Crippen molar-refractivity contribution in [3.8, 4) is 40.2 Å². The van der Waals surface area contributed by atoms with E-state index >= 15 is 4.79 Å². The molecule has 7 aliphatic rings. The van der Waals surface area contributed by atoms with Gasteiger partial charge in [-0.15, -0.1) is 11.8 Å². The molecular formula is C46H47N3O16S. The number of aliphatic hydroxyl groups is 1. The number of ether oxygens (including phenoxy) is 10. The number of likely N-dealkylation sites (N-methyl/N-ethyl adjacent to an activating group) is 1. The third-order valence-corrected chi connectivity index (χ3v) is 14.8. The number of fused-ring (bicyclic) bond motifs is 9. The Kier molecular flexibility index (Phi) is 11.5. The van der Waals surface area contributed by atoms with E-state index in [1.165, 1.54) is 43.0 Å². The maximum atomic E-state index is 15.4. The maximum Gasteiger partial charge on any atom is 0.518 e. The number of aliphatic hydroxyl groups excluding tert-OH is 1. The number of piperazine rings is 1. The molecule has 2 fully saturated rings. The number of methoxy groups -OCH3 is 2. The van der Waals surface area contributed by atoms with Gasteiger partial charge in [0.25, 0.3) is 0 Å². The molecule has 20 heteroatoms. The Balaban J connectivity index is 1.30. The molecule has 2 N–H and O–H groups in total. The predicted molar refractivity (Wildman–Crippen MR) is 232 cm³/mol. The van der Waals surface area contributed by atoms with E-state index in [2.05, 4.69) is 19.7 Å². The molecule has 7 atom stereocenters. The smallest absolute Gasteiger partial charge is 0.507 e. The lowest BCUT2D eigenvalue weighted by atomic mass is 9.73. The number of rotatable bonds is 7. The Morgan fingerprint density at radius 2 is 1.59 bits per heavy atom. The van der Waals surface area contributed by atoms with Crippen LogP contribution in [0, 0.1) is 13.8 Å². The molecule has 1 unspecified atom stereocenters. The number of carbonyl (C=O) groups excluding carboxylic acids is 4. The summed E-state index contributed by atoms with van der Waals surface area (Å²) in [5, 5.41) is 24.4. The van der Waals surface area contributed by atoms with Crippen LogP contribution in [-0.2, 0) is 42.1 Å². The van der Waals surface area contributed by atoms with Crippen LogP contribution in [0.1, 0.15) is 61.8 Å². The van der Waals surface area contributed by atoms with Crippen LogP contribution in [0.3, 0.4) is 0 Å². The highest BCUT2D eigenvalue weighted by molar-refractivity contribution is 7.99. The van der Waals surface area contributed by atoms with Gasteiger partial charge in [0.1, 0.15) is 18.6 Å². The topological polar surface area (TPSA) is 211 Å². The molecular weight excluding hydrogens is 883 g/mol. The monoisotopic (exact) mass is 929 g/mol. The van der Waals surface area contributed by atoms with E-state index in [1.807, 2.05) is 29.8 Å². The zero-order chi connectivity index (χ0) is 46.9. The van der Waals surface area contributed by atoms with Gasteiger partial charge in [-0.3, -0.25) is 14.7 Å². The number of thioether (sulfide) groups is 1. The molecule has 3 aromatic rings. The largest absolute Gasteiger partial charge is 0.518 e. The van der Waals surface area contributed by atoms with E-state index in [1.54, 1.807) is 6.92 Å². The number of phenolic OH excluding ortho intramolecular Hbond substituents is 1. The highest BCUT2D eigenvalue weighted by atomic mass is 32.2. The number of phenols is 1. The minimum atomic E-state index is -1.97. The summed E-state index contributed by atoms with van der Waals surface area (Å²) in [5.74, 6) is -0.182. The third kappa shape index (κ3) is 6.59. The van der Waals surface area contributed by atoms with E-state index in [-0.39, 0.29) is 59.8 Å². The van der Waals surface area contributed by atoms with Crippen molar-refractivity contribution in [3.63, 3.8) is 0 Å². The van der Waals surface area contributed by atoms with Crippen LogP contribution in [0.5, 0.6) is 40.2 Å². The number of amides is 1. The van der Waals surface area contributed by atoms with Crippen LogP contribution in [0.2, 0.25) is 0 Å². The zero-order valence-electron chi connectivity index (χ0n) is 36.7. The Morgan fingerprint density at radius 3 is 2.29 bits per heavy atom. The minimum absolute atomic E-state index is 0.0215. The summed E-state index contributed by atoms with van der Waals surface area (Å²) >= 11 is 1.22. The number of nitrogens with zero attached hydrogens (tertiary/aromatic N) is 3. The molecule has 348 valence electrons. The molecule has 0 aliphatic carbocycles. The Hall–Kier alpha value is -6.61. The van der Waals surface area contributed by atoms with Crippen LogP contribution in [0.25, 0.3) is 0 Å². The Labute approximate surface area is 382 Å². The van der Waals surface area contributed by atoms with E-state index in [0.717, 1.165) is 24.3 Å². The minimum Gasteiger partial charge on any atom is -0.507 e. The van der Waals surface area contributed by atoms with Gasteiger partial charge in [0.05, 0.1) is 56.4 Å². The van der Waals surface area contributed by atoms with Crippen molar-refractivity contribution in [2.24, 2.45) is 0 Å². The number of benzene rings is 3. The van der Waals surface area contributed by atoms with Gasteiger partial charge in [-0.2, -0.15) is 0 Å². The normalized spacial score (nSPS) is 25.7. The number of aromatic hydroxyl groups is 1. The number of carbonyl (C=O) groups is 4. The van der Waals surface area contributed by atoms with Gasteiger partial charge in [-0.25, -0.2) is 19.2 Å². The SMILES string of the molecule is C=COC(=O)Oc1cc2c(cc1OC)[C@@]1(CS[C@@H]3c4c(O)c(C)c5c(c4[C@H](COC1=O)N1C3[C@@H]3c4c(cc(C)c(OC)c4OC(=O)OC=C)C[C@@H]([C@@H]1O)N3C)OCO5)N(C(=O)OC=C)CC2. The summed E-state index contributed by atoms with van der Waals surface area (Å²) in [6, 6.07) is 1.89. The van der Waals surface area contributed by atoms with Crippen molar-refractivity contribution < 1.29 is 76.8 Å². The molecule has 10 rings (SSSR count). The molecule has 1 amide bonds. The van der Waals surface area contributed by atoms with Gasteiger partial charge >= 0.3 is 24.4 Å². The summed E-state index contributed by atoms with van der Waals surface area (Å²) in [7, 11) is 4.67. The van der Waals surface area contributed by atoms with Gasteiger partial charge < -0.3 is 57.6 Å². The molecule has 7 heterocycles. The standard InChI is InChI=1S/C46H47N3O16S/c1-9-58-43(53)48-13-12-23-16-29(64-44(54)59-10-2)28(56-7)17-25(23)46(48)19-66-40-32-31(38-37(62-20-63-38)22(5)35(32)50)27(18-61-42(46)52)49-34(40)33-30-24(15-26(41(49)51)47(33)6)14-21(4)36(57-8)39(30)65-45(55)60-11-3/h9-11,14,16-17,26-27,33-34,40-41,50-51H,1-3,12-13,15,18-20H2,4-8H3/t26-,27-,33-,34?,40+,41-,46+/m0/s1. The lowest BCUT2D eigenvalue weighted by molar-refractivity contribution is -0.188. The van der Waals surface area contributed by atoms with E-state index in [0.29, 0.717) is 51.3 Å². The molecule has 0 aromatic heterocycles. The maximum absolute atomic E-state index is 15.4. The van der Waals surface area contributed by atoms with Crippen LogP contribution in [0.4, 0.5) is 14.4 Å². The molecule has 4 bridgehead atoms. The second-order valence-electron chi connectivity index (χ2n) is 16.3. The quantitative estimate of drug-likeness (QED) is 0.119. The first-order valence-electron chi connectivity index (χ1n) is 20.9. The highest BCUT2D eigenvalue weighted by Crippen LogP contribution is 2.65. The summed E-state index contributed by atoms with van der Waals surface area (Å²) in [5.41, 5.74) is 2.12. The molecule has 0 radical (unpaired) electrons. The average molecular weight is 930 g/mol. The highest BCUT2D eigenvalue weighted by Gasteiger charge is 2.63. The Morgan fingerprint density at radius 1 is 0.879 bits per heavy atom. The van der Waals surface area contributed by atoms with E-state index in [9.17, 15) is 24.6 Å². The lowest BCUT2D eigenvalue weighted by Crippen LogP contribution is -2.70. The van der Waals surface area contributed by atoms with E-state index < -0.39 is 72.2 Å². The van der Waals surface area contributed by atoms with Crippen LogP contribution < -0.4 is 28.4 Å². The first kappa shape index (κ1) is 44.6. The Bertz CT molecular complexity index is 2600. The van der Waals surface area contributed by atoms with Crippen LogP contribution in [0.15, 0.2) is 56.7 Å². The number of hydrogen-bond acceptors (Lipinski definition) is 19. The molecule has 2 saturated heterocycles. The number of hydrogen-bond donors (Lipinski definition) is 2. The van der Waals surface area contributed by atoms with Crippen LogP contribution >= 0.6 is 11.8 Å². The van der Waals surface area contributed by atoms with Gasteiger partial charge in [-0.05, 0) is 68.1 Å². The third-order valence-electron chi connectivity index (χ3n) is 13.4. The van der Waals surface area contributed by atoms with Gasteiger partial charge in [0.15, 0.2) is 40.0 Å². The summed E-state index contributed by atoms with van der Waals surface area (Å²) in [6.45, 7) is 13.4. The van der Waals surface area contributed by atoms with Crippen molar-refractivity contribution >= 4 is 36.1 Å². The predicted octanol–water partition coefficient (Wildman–Crippen LogP) is 6.09. The van der Waals surface area contributed by atoms with E-state index in [4.69, 9.17) is 47.4 Å². The molecule has 19 nitrogen and oxygen atoms in total. The molecule has 7 aliphatic heterocycles. The lowest BCUT2D eigenvalue weighted by Gasteiger charge is -2.62. The van der Waals surface area contributed by atoms with Crippen molar-refractivity contribution in [1.29, 1.82) is 0 Å². The fourth-order valence-corrected chi connectivity index (χ4v) is 12.5. The zero-order valence-corrected chi connectivity index (χ0v) is 37.5. The van der Waals surface area contributed by atoms with Gasteiger partial charge in [0, 0.05) is 40.6 Å². The average Bonchev–Trinajstić information content (AvgIpc) is 3.78. The van der Waals surface area contributed by atoms with Crippen molar-refractivity contribution in [2.75, 3.05) is 47.0 Å².